The fourth-order valence-corrected chi connectivity index (χ4v) is 3.49. The maximum Gasteiger partial charge on any atom is 0.278 e. The van der Waals surface area contributed by atoms with Crippen LogP contribution in [0.3, 0.4) is 0 Å². The predicted octanol–water partition coefficient (Wildman–Crippen LogP) is 2.96. The van der Waals surface area contributed by atoms with Crippen LogP contribution in [-0.4, -0.2) is 33.3 Å². The largest absolute Gasteiger partial charge is 0.495 e. The number of halogens is 1. The summed E-state index contributed by atoms with van der Waals surface area (Å²) in [4.78, 5) is 32.0. The maximum absolute atomic E-state index is 12.3. The Labute approximate surface area is 158 Å². The van der Waals surface area contributed by atoms with Gasteiger partial charge < -0.3 is 15.0 Å². The Kier molecular flexibility index (Phi) is 5.24. The zero-order valence-electron chi connectivity index (χ0n) is 14.4. The van der Waals surface area contributed by atoms with Crippen LogP contribution in [0.25, 0.3) is 11.0 Å². The number of hydrogen-bond acceptors (Lipinski definition) is 5. The second kappa shape index (κ2) is 7.43. The lowest BCUT2D eigenvalue weighted by molar-refractivity contribution is -0.113. The molecule has 0 radical (unpaired) electrons. The van der Waals surface area contributed by atoms with Gasteiger partial charge in [0.15, 0.2) is 5.16 Å². The van der Waals surface area contributed by atoms with Gasteiger partial charge in [0.1, 0.15) is 11.3 Å². The van der Waals surface area contributed by atoms with E-state index in [0.29, 0.717) is 32.6 Å². The number of hydrogen-bond donors (Lipinski definition) is 2. The molecule has 0 saturated carbocycles. The number of aryl methyl sites for hydroxylation is 1. The lowest BCUT2D eigenvalue weighted by atomic mass is 10.3. The highest BCUT2D eigenvalue weighted by atomic mass is 35.5. The Hall–Kier alpha value is -2.45. The molecule has 0 aliphatic carbocycles. The number of methoxy groups -OCH3 is 1. The van der Waals surface area contributed by atoms with Gasteiger partial charge in [-0.1, -0.05) is 23.4 Å². The molecule has 0 saturated heterocycles. The van der Waals surface area contributed by atoms with Crippen molar-refractivity contribution in [2.24, 2.45) is 7.05 Å². The van der Waals surface area contributed by atoms with E-state index in [1.54, 1.807) is 31.3 Å². The summed E-state index contributed by atoms with van der Waals surface area (Å²) in [5.41, 5.74) is 2.32. The van der Waals surface area contributed by atoms with Crippen molar-refractivity contribution in [2.75, 3.05) is 18.2 Å². The molecule has 0 aliphatic rings. The minimum atomic E-state index is -0.226. The van der Waals surface area contributed by atoms with E-state index in [1.807, 2.05) is 6.92 Å². The van der Waals surface area contributed by atoms with Gasteiger partial charge in [-0.15, -0.1) is 0 Å². The van der Waals surface area contributed by atoms with Crippen molar-refractivity contribution in [3.63, 3.8) is 0 Å². The summed E-state index contributed by atoms with van der Waals surface area (Å²) in [6.07, 6.45) is 0. The van der Waals surface area contributed by atoms with E-state index in [1.165, 1.54) is 23.4 Å². The van der Waals surface area contributed by atoms with E-state index >= 15 is 0 Å². The molecule has 3 rings (SSSR count). The number of amides is 1. The molecular formula is C17H17ClN4O3S. The Morgan fingerprint density at radius 2 is 2.19 bits per heavy atom. The quantitative estimate of drug-likeness (QED) is 0.514. The van der Waals surface area contributed by atoms with Crippen molar-refractivity contribution in [1.29, 1.82) is 0 Å². The number of thioether (sulfide) groups is 1. The van der Waals surface area contributed by atoms with Crippen molar-refractivity contribution in [2.45, 2.75) is 12.1 Å². The monoisotopic (exact) mass is 392 g/mol. The SMILES string of the molecule is COc1ccc(NC(=O)CSc2nc3cc(C)[nH]c3c(=O)n2C)cc1Cl. The summed E-state index contributed by atoms with van der Waals surface area (Å²) in [7, 11) is 3.16. The maximum atomic E-state index is 12.3. The first-order chi connectivity index (χ1) is 12.4. The standard InChI is InChI=1S/C17H17ClN4O3S/c1-9-6-12-15(19-9)16(24)22(2)17(21-12)26-8-14(23)20-10-4-5-13(25-3)11(18)7-10/h4-7,19H,8H2,1-3H3,(H,20,23). The molecule has 0 atom stereocenters. The highest BCUT2D eigenvalue weighted by Crippen LogP contribution is 2.27. The second-order valence-electron chi connectivity index (χ2n) is 5.66. The van der Waals surface area contributed by atoms with Crippen LogP contribution in [0.2, 0.25) is 5.02 Å². The molecule has 2 heterocycles. The average molecular weight is 393 g/mol. The third-order valence-corrected chi connectivity index (χ3v) is 5.05. The molecule has 2 N–H and O–H groups in total. The Bertz CT molecular complexity index is 1040. The van der Waals surface area contributed by atoms with Crippen molar-refractivity contribution < 1.29 is 9.53 Å². The van der Waals surface area contributed by atoms with Crippen LogP contribution in [0.15, 0.2) is 34.2 Å². The van der Waals surface area contributed by atoms with Crippen LogP contribution in [0.4, 0.5) is 5.69 Å². The van der Waals surface area contributed by atoms with E-state index in [0.717, 1.165) is 5.69 Å². The molecule has 0 unspecified atom stereocenters. The Morgan fingerprint density at radius 3 is 2.88 bits per heavy atom. The number of nitrogens with one attached hydrogen (secondary N) is 2. The number of H-pyrrole nitrogens is 1. The van der Waals surface area contributed by atoms with Crippen LogP contribution in [0, 0.1) is 6.92 Å². The highest BCUT2D eigenvalue weighted by Gasteiger charge is 2.13. The van der Waals surface area contributed by atoms with E-state index in [-0.39, 0.29) is 17.2 Å². The molecule has 136 valence electrons. The smallest absolute Gasteiger partial charge is 0.278 e. The van der Waals surface area contributed by atoms with Crippen LogP contribution in [0.5, 0.6) is 5.75 Å². The van der Waals surface area contributed by atoms with Crippen LogP contribution >= 0.6 is 23.4 Å². The van der Waals surface area contributed by atoms with E-state index in [2.05, 4.69) is 15.3 Å². The fraction of sp³-hybridized carbons (Fsp3) is 0.235. The Morgan fingerprint density at radius 1 is 1.42 bits per heavy atom. The fourth-order valence-electron chi connectivity index (χ4n) is 2.46. The van der Waals surface area contributed by atoms with E-state index in [4.69, 9.17) is 16.3 Å². The van der Waals surface area contributed by atoms with E-state index in [9.17, 15) is 9.59 Å². The van der Waals surface area contributed by atoms with Gasteiger partial charge in [-0.3, -0.25) is 14.2 Å². The molecule has 0 fully saturated rings. The van der Waals surface area contributed by atoms with E-state index < -0.39 is 0 Å². The van der Waals surface area contributed by atoms with Crippen LogP contribution < -0.4 is 15.6 Å². The minimum Gasteiger partial charge on any atom is -0.495 e. The van der Waals surface area contributed by atoms with Gasteiger partial charge >= 0.3 is 0 Å². The zero-order chi connectivity index (χ0) is 18.8. The van der Waals surface area contributed by atoms with Crippen molar-refractivity contribution in [3.8, 4) is 5.75 Å². The summed E-state index contributed by atoms with van der Waals surface area (Å²) in [6, 6.07) is 6.81. The average Bonchev–Trinajstić information content (AvgIpc) is 2.97. The number of nitrogens with zero attached hydrogens (tertiary/aromatic N) is 2. The number of rotatable bonds is 5. The summed E-state index contributed by atoms with van der Waals surface area (Å²) < 4.78 is 6.51. The summed E-state index contributed by atoms with van der Waals surface area (Å²) >= 11 is 7.24. The van der Waals surface area contributed by atoms with Crippen LogP contribution in [0.1, 0.15) is 5.69 Å². The normalized spacial score (nSPS) is 10.9. The third-order valence-electron chi connectivity index (χ3n) is 3.72. The molecule has 7 nitrogen and oxygen atoms in total. The molecule has 9 heteroatoms. The predicted molar refractivity (Wildman–Crippen MR) is 103 cm³/mol. The van der Waals surface area contributed by atoms with Gasteiger partial charge in [0, 0.05) is 18.4 Å². The first kappa shape index (κ1) is 18.3. The number of anilines is 1. The Balaban J connectivity index is 1.71. The molecule has 2 aromatic heterocycles. The lowest BCUT2D eigenvalue weighted by Crippen LogP contribution is -2.21. The highest BCUT2D eigenvalue weighted by molar-refractivity contribution is 7.99. The molecule has 26 heavy (non-hydrogen) atoms. The van der Waals surface area contributed by atoms with Gasteiger partial charge in [0.2, 0.25) is 5.91 Å². The summed E-state index contributed by atoms with van der Waals surface area (Å²) in [5, 5.41) is 3.65. The molecular weight excluding hydrogens is 376 g/mol. The zero-order valence-corrected chi connectivity index (χ0v) is 16.0. The first-order valence-corrected chi connectivity index (χ1v) is 9.08. The molecule has 1 aromatic carbocycles. The van der Waals surface area contributed by atoms with Gasteiger partial charge in [0.25, 0.3) is 5.56 Å². The molecule has 0 aliphatic heterocycles. The van der Waals surface area contributed by atoms with Gasteiger partial charge in [-0.2, -0.15) is 0 Å². The third kappa shape index (κ3) is 3.71. The van der Waals surface area contributed by atoms with Crippen molar-refractivity contribution >= 4 is 46.0 Å². The number of fused-ring (bicyclic) bond motifs is 1. The van der Waals surface area contributed by atoms with Crippen LogP contribution in [-0.2, 0) is 11.8 Å². The molecule has 1 amide bonds. The number of ether oxygens (including phenoxy) is 1. The van der Waals surface area contributed by atoms with Crippen molar-refractivity contribution in [1.82, 2.24) is 14.5 Å². The molecule has 0 spiro atoms. The first-order valence-electron chi connectivity index (χ1n) is 7.71. The topological polar surface area (TPSA) is 89.0 Å². The molecule has 0 bridgehead atoms. The minimum absolute atomic E-state index is 0.110. The second-order valence-corrected chi connectivity index (χ2v) is 7.01. The van der Waals surface area contributed by atoms with Gasteiger partial charge in [-0.05, 0) is 31.2 Å². The van der Waals surface area contributed by atoms with Gasteiger partial charge in [0.05, 0.1) is 23.4 Å². The number of aromatic nitrogens is 3. The number of carbonyl (C=O) groups excluding carboxylic acids is 1. The van der Waals surface area contributed by atoms with Crippen molar-refractivity contribution in [3.05, 3.63) is 45.3 Å². The number of carbonyl (C=O) groups is 1. The number of benzene rings is 1. The van der Waals surface area contributed by atoms with Gasteiger partial charge in [-0.25, -0.2) is 4.98 Å². The summed E-state index contributed by atoms with van der Waals surface area (Å²) in [6.45, 7) is 1.86. The molecule has 3 aromatic rings. The number of aromatic amines is 1. The lowest BCUT2D eigenvalue weighted by Gasteiger charge is -2.09. The summed E-state index contributed by atoms with van der Waals surface area (Å²) in [5.74, 6) is 0.419.